The summed E-state index contributed by atoms with van der Waals surface area (Å²) in [7, 11) is 1.52. The zero-order valence-corrected chi connectivity index (χ0v) is 16.3. The van der Waals surface area contributed by atoms with Crippen LogP contribution in [0.1, 0.15) is 28.5 Å². The molecule has 148 valence electrons. The number of amides is 1. The standard InChI is InChI=1S/C21H18ClN3O4/c1-29-18-7-6-16(24-20(18)13-8-10-23-11-9-13)21(28)25-17(12-19(26)27)14-4-2-3-5-15(14)22/h2-11,17H,12H2,1H3,(H,25,28)(H,26,27)/t17-/m0/s1. The summed E-state index contributed by atoms with van der Waals surface area (Å²) in [5.41, 5.74) is 1.86. The SMILES string of the molecule is COc1ccc(C(=O)N[C@@H](CC(=O)O)c2ccccc2Cl)nc1-c1ccncc1. The summed E-state index contributed by atoms with van der Waals surface area (Å²) >= 11 is 6.19. The number of carbonyl (C=O) groups is 2. The van der Waals surface area contributed by atoms with Crippen molar-refractivity contribution in [2.45, 2.75) is 12.5 Å². The van der Waals surface area contributed by atoms with Crippen LogP contribution >= 0.6 is 11.6 Å². The number of methoxy groups -OCH3 is 1. The van der Waals surface area contributed by atoms with E-state index in [9.17, 15) is 14.7 Å². The van der Waals surface area contributed by atoms with Crippen molar-refractivity contribution in [3.8, 4) is 17.0 Å². The Kier molecular flexibility index (Phi) is 6.41. The largest absolute Gasteiger partial charge is 0.494 e. The molecule has 0 spiro atoms. The third kappa shape index (κ3) is 4.89. The van der Waals surface area contributed by atoms with E-state index < -0.39 is 17.9 Å². The minimum Gasteiger partial charge on any atom is -0.494 e. The van der Waals surface area contributed by atoms with Gasteiger partial charge in [-0.25, -0.2) is 4.98 Å². The van der Waals surface area contributed by atoms with Crippen LogP contribution in [0.5, 0.6) is 5.75 Å². The Labute approximate surface area is 172 Å². The summed E-state index contributed by atoms with van der Waals surface area (Å²) in [6, 6.07) is 12.6. The van der Waals surface area contributed by atoms with Crippen molar-refractivity contribution in [1.82, 2.24) is 15.3 Å². The van der Waals surface area contributed by atoms with Gasteiger partial charge in [-0.05, 0) is 35.9 Å². The fourth-order valence-corrected chi connectivity index (χ4v) is 3.12. The molecule has 0 aliphatic heterocycles. The van der Waals surface area contributed by atoms with Crippen molar-refractivity contribution < 1.29 is 19.4 Å². The number of ether oxygens (including phenoxy) is 1. The van der Waals surface area contributed by atoms with Crippen LogP contribution < -0.4 is 10.1 Å². The van der Waals surface area contributed by atoms with Gasteiger partial charge in [0.15, 0.2) is 0 Å². The number of hydrogen-bond acceptors (Lipinski definition) is 5. The van der Waals surface area contributed by atoms with Crippen molar-refractivity contribution in [2.24, 2.45) is 0 Å². The minimum absolute atomic E-state index is 0.125. The number of carboxylic acids is 1. The summed E-state index contributed by atoms with van der Waals surface area (Å²) in [5, 5.41) is 12.3. The average molecular weight is 412 g/mol. The summed E-state index contributed by atoms with van der Waals surface area (Å²) in [5.74, 6) is -1.08. The molecule has 0 radical (unpaired) electrons. The molecule has 29 heavy (non-hydrogen) atoms. The predicted octanol–water partition coefficient (Wildman–Crippen LogP) is 3.75. The normalized spacial score (nSPS) is 11.5. The van der Waals surface area contributed by atoms with Crippen LogP contribution in [0.4, 0.5) is 0 Å². The van der Waals surface area contributed by atoms with Gasteiger partial charge >= 0.3 is 5.97 Å². The van der Waals surface area contributed by atoms with Crippen LogP contribution in [0.3, 0.4) is 0 Å². The Morgan fingerprint density at radius 1 is 1.14 bits per heavy atom. The molecule has 0 aliphatic rings. The number of aliphatic carboxylic acids is 1. The third-order valence-corrected chi connectivity index (χ3v) is 4.57. The third-order valence-electron chi connectivity index (χ3n) is 4.23. The number of benzene rings is 1. The van der Waals surface area contributed by atoms with Crippen LogP contribution in [-0.4, -0.2) is 34.1 Å². The van der Waals surface area contributed by atoms with E-state index in [1.54, 1.807) is 54.9 Å². The van der Waals surface area contributed by atoms with Crippen LogP contribution in [0.25, 0.3) is 11.3 Å². The zero-order chi connectivity index (χ0) is 20.8. The lowest BCUT2D eigenvalue weighted by Gasteiger charge is -2.19. The monoisotopic (exact) mass is 411 g/mol. The first kappa shape index (κ1) is 20.3. The van der Waals surface area contributed by atoms with Gasteiger partial charge in [0.1, 0.15) is 17.1 Å². The molecule has 1 aromatic carbocycles. The second kappa shape index (κ2) is 9.16. The number of rotatable bonds is 7. The number of pyridine rings is 2. The molecule has 1 atom stereocenters. The van der Waals surface area contributed by atoms with Crippen molar-refractivity contribution in [1.29, 1.82) is 0 Å². The van der Waals surface area contributed by atoms with Crippen molar-refractivity contribution in [3.63, 3.8) is 0 Å². The first-order chi connectivity index (χ1) is 14.0. The molecule has 0 saturated carbocycles. The molecule has 1 amide bonds. The van der Waals surface area contributed by atoms with Gasteiger partial charge in [0.05, 0.1) is 19.6 Å². The fourth-order valence-electron chi connectivity index (χ4n) is 2.86. The van der Waals surface area contributed by atoms with E-state index in [2.05, 4.69) is 15.3 Å². The van der Waals surface area contributed by atoms with Gasteiger partial charge in [-0.2, -0.15) is 0 Å². The molecule has 0 saturated heterocycles. The van der Waals surface area contributed by atoms with Gasteiger partial charge in [0.25, 0.3) is 5.91 Å². The molecule has 7 nitrogen and oxygen atoms in total. The van der Waals surface area contributed by atoms with Crippen LogP contribution in [0, 0.1) is 0 Å². The number of hydrogen-bond donors (Lipinski definition) is 2. The van der Waals surface area contributed by atoms with E-state index in [1.165, 1.54) is 13.2 Å². The maximum Gasteiger partial charge on any atom is 0.305 e. The van der Waals surface area contributed by atoms with E-state index in [-0.39, 0.29) is 12.1 Å². The number of nitrogens with one attached hydrogen (secondary N) is 1. The second-order valence-corrected chi connectivity index (χ2v) is 6.54. The first-order valence-electron chi connectivity index (χ1n) is 8.72. The molecular formula is C21H18ClN3O4. The highest BCUT2D eigenvalue weighted by Gasteiger charge is 2.22. The van der Waals surface area contributed by atoms with Gasteiger partial charge in [-0.3, -0.25) is 14.6 Å². The number of nitrogens with zero attached hydrogens (tertiary/aromatic N) is 2. The summed E-state index contributed by atoms with van der Waals surface area (Å²) in [4.78, 5) is 32.5. The summed E-state index contributed by atoms with van der Waals surface area (Å²) < 4.78 is 5.34. The smallest absolute Gasteiger partial charge is 0.305 e. The Hall–Kier alpha value is -3.45. The van der Waals surface area contributed by atoms with Crippen molar-refractivity contribution >= 4 is 23.5 Å². The van der Waals surface area contributed by atoms with E-state index >= 15 is 0 Å². The number of aromatic nitrogens is 2. The molecule has 3 aromatic rings. The maximum absolute atomic E-state index is 12.8. The van der Waals surface area contributed by atoms with Gasteiger partial charge in [-0.1, -0.05) is 29.8 Å². The highest BCUT2D eigenvalue weighted by Crippen LogP contribution is 2.29. The Morgan fingerprint density at radius 3 is 2.52 bits per heavy atom. The minimum atomic E-state index is -1.06. The Bertz CT molecular complexity index is 1030. The molecular weight excluding hydrogens is 394 g/mol. The quantitative estimate of drug-likeness (QED) is 0.614. The molecule has 3 rings (SSSR count). The lowest BCUT2D eigenvalue weighted by Crippen LogP contribution is -2.31. The topological polar surface area (TPSA) is 101 Å². The van der Waals surface area contributed by atoms with E-state index in [1.807, 2.05) is 0 Å². The number of halogens is 1. The molecule has 0 bridgehead atoms. The Morgan fingerprint density at radius 2 is 1.86 bits per heavy atom. The summed E-state index contributed by atoms with van der Waals surface area (Å²) in [6.45, 7) is 0. The lowest BCUT2D eigenvalue weighted by molar-refractivity contribution is -0.137. The molecule has 8 heteroatoms. The van der Waals surface area contributed by atoms with E-state index in [0.717, 1.165) is 5.56 Å². The van der Waals surface area contributed by atoms with Gasteiger partial charge in [-0.15, -0.1) is 0 Å². The maximum atomic E-state index is 12.8. The van der Waals surface area contributed by atoms with E-state index in [0.29, 0.717) is 22.0 Å². The molecule has 0 fully saturated rings. The lowest BCUT2D eigenvalue weighted by atomic mass is 10.0. The summed E-state index contributed by atoms with van der Waals surface area (Å²) in [6.07, 6.45) is 2.91. The highest BCUT2D eigenvalue weighted by molar-refractivity contribution is 6.31. The zero-order valence-electron chi connectivity index (χ0n) is 15.5. The second-order valence-electron chi connectivity index (χ2n) is 6.13. The van der Waals surface area contributed by atoms with Crippen LogP contribution in [0.2, 0.25) is 5.02 Å². The van der Waals surface area contributed by atoms with Gasteiger partial charge < -0.3 is 15.2 Å². The first-order valence-corrected chi connectivity index (χ1v) is 9.10. The van der Waals surface area contributed by atoms with Crippen molar-refractivity contribution in [3.05, 3.63) is 77.2 Å². The molecule has 0 aliphatic carbocycles. The van der Waals surface area contributed by atoms with Gasteiger partial charge in [0, 0.05) is 23.0 Å². The van der Waals surface area contributed by atoms with Crippen molar-refractivity contribution in [2.75, 3.05) is 7.11 Å². The Balaban J connectivity index is 1.92. The number of carbonyl (C=O) groups excluding carboxylic acids is 1. The highest BCUT2D eigenvalue weighted by atomic mass is 35.5. The molecule has 0 unspecified atom stereocenters. The average Bonchev–Trinajstić information content (AvgIpc) is 2.73. The molecule has 2 heterocycles. The van der Waals surface area contributed by atoms with E-state index in [4.69, 9.17) is 16.3 Å². The fraction of sp³-hybridized carbons (Fsp3) is 0.143. The van der Waals surface area contributed by atoms with Crippen LogP contribution in [0.15, 0.2) is 60.9 Å². The molecule has 2 N–H and O–H groups in total. The number of carboxylic acid groups (broad SMARTS) is 1. The van der Waals surface area contributed by atoms with Crippen LogP contribution in [-0.2, 0) is 4.79 Å². The molecule has 2 aromatic heterocycles. The van der Waals surface area contributed by atoms with Gasteiger partial charge in [0.2, 0.25) is 0 Å². The predicted molar refractivity (Wildman–Crippen MR) is 108 cm³/mol.